The molecule has 0 spiro atoms. The second-order valence-corrected chi connectivity index (χ2v) is 13.6. The lowest BCUT2D eigenvalue weighted by molar-refractivity contribution is -0.384. The van der Waals surface area contributed by atoms with E-state index in [0.29, 0.717) is 5.56 Å². The number of benzene rings is 4. The van der Waals surface area contributed by atoms with Gasteiger partial charge in [0.1, 0.15) is 24.1 Å². The molecule has 0 saturated carbocycles. The van der Waals surface area contributed by atoms with Crippen molar-refractivity contribution in [3.8, 4) is 0 Å². The van der Waals surface area contributed by atoms with E-state index < -0.39 is 49.4 Å². The number of hydrogen-bond acceptors (Lipinski definition) is 7. The molecule has 1 amide bonds. The summed E-state index contributed by atoms with van der Waals surface area (Å²) in [5.41, 5.74) is 2.25. The van der Waals surface area contributed by atoms with Gasteiger partial charge in [-0.2, -0.15) is 0 Å². The highest BCUT2D eigenvalue weighted by atomic mass is 32.2. The number of nitro benzene ring substituents is 1. The molecule has 9 nitrogen and oxygen atoms in total. The summed E-state index contributed by atoms with van der Waals surface area (Å²) < 4.78 is 18.5. The number of nitrogens with zero attached hydrogens (tertiary/aromatic N) is 2. The smallest absolute Gasteiger partial charge is 0.330 e. The minimum atomic E-state index is -1.62. The summed E-state index contributed by atoms with van der Waals surface area (Å²) in [5, 5.41) is 13.8. The van der Waals surface area contributed by atoms with Gasteiger partial charge in [-0.3, -0.25) is 24.4 Å². The maximum atomic E-state index is 14.0. The third-order valence-corrected chi connectivity index (χ3v) is 10.7. The maximum Gasteiger partial charge on any atom is 0.330 e. The summed E-state index contributed by atoms with van der Waals surface area (Å²) in [6.07, 6.45) is 0. The number of carbonyl (C=O) groups is 2. The highest BCUT2D eigenvalue weighted by Gasteiger charge is 2.69. The van der Waals surface area contributed by atoms with Crippen LogP contribution in [0.15, 0.2) is 115 Å². The quantitative estimate of drug-likeness (QED) is 0.0964. The second-order valence-electron chi connectivity index (χ2n) is 11.4. The Morgan fingerprint density at radius 1 is 0.886 bits per heavy atom. The fourth-order valence-electron chi connectivity index (χ4n) is 6.27. The van der Waals surface area contributed by atoms with E-state index in [9.17, 15) is 23.9 Å². The van der Waals surface area contributed by atoms with Crippen LogP contribution in [-0.2, 0) is 37.3 Å². The van der Waals surface area contributed by atoms with Gasteiger partial charge in [-0.1, -0.05) is 91.0 Å². The molecule has 10 heteroatoms. The van der Waals surface area contributed by atoms with Gasteiger partial charge in [0.15, 0.2) is 0 Å². The minimum Gasteiger partial charge on any atom is -0.459 e. The number of fused-ring (bicyclic) bond motifs is 1. The number of hydrogen-bond donors (Lipinski definition) is 1. The molecule has 0 radical (unpaired) electrons. The highest BCUT2D eigenvalue weighted by molar-refractivity contribution is 7.87. The SMILES string of the molecule is CC1(C)[C@H](C(=O)OCc2ccc([N+](=O)[O-])cc2)N2C(=O)[C@@H](NC(c3ccccc3)(c3ccccc3)c3ccccc3)[C@H]2[S@]1=O. The monoisotopic (exact) mass is 609 g/mol. The summed E-state index contributed by atoms with van der Waals surface area (Å²) in [5.74, 6) is -1.00. The Balaban J connectivity index is 1.32. The number of ether oxygens (including phenoxy) is 1. The first-order valence-electron chi connectivity index (χ1n) is 14.2. The van der Waals surface area contributed by atoms with E-state index in [-0.39, 0.29) is 18.2 Å². The van der Waals surface area contributed by atoms with E-state index in [0.717, 1.165) is 16.7 Å². The standard InChI is InChI=1S/C34H31N3O6S/c1-33(2)29(32(39)43-22-23-18-20-27(21-19-23)37(40)41)36-30(38)28(31(36)44(33)42)35-34(24-12-6-3-7-13-24,25-14-8-4-9-15-25)26-16-10-5-11-17-26/h3-21,28-29,31,35H,22H2,1-2H3/t28-,29+,31-,44-/m1/s1. The van der Waals surface area contributed by atoms with Crippen LogP contribution in [0.3, 0.4) is 0 Å². The number of amides is 1. The molecule has 44 heavy (non-hydrogen) atoms. The zero-order chi connectivity index (χ0) is 31.1. The molecule has 224 valence electrons. The van der Waals surface area contributed by atoms with Gasteiger partial charge in [0.25, 0.3) is 5.69 Å². The van der Waals surface area contributed by atoms with Crippen molar-refractivity contribution >= 4 is 28.4 Å². The Labute approximate surface area is 257 Å². The first-order valence-corrected chi connectivity index (χ1v) is 15.4. The van der Waals surface area contributed by atoms with E-state index in [1.54, 1.807) is 13.8 Å². The summed E-state index contributed by atoms with van der Waals surface area (Å²) in [4.78, 5) is 39.3. The number of esters is 1. The largest absolute Gasteiger partial charge is 0.459 e. The Kier molecular flexibility index (Phi) is 7.65. The van der Waals surface area contributed by atoms with Gasteiger partial charge in [-0.15, -0.1) is 0 Å². The van der Waals surface area contributed by atoms with Crippen LogP contribution in [0.25, 0.3) is 0 Å². The van der Waals surface area contributed by atoms with Gasteiger partial charge in [0.05, 0.1) is 26.0 Å². The first-order chi connectivity index (χ1) is 21.2. The van der Waals surface area contributed by atoms with Gasteiger partial charge in [-0.25, -0.2) is 4.79 Å². The molecule has 0 aliphatic carbocycles. The molecular weight excluding hydrogens is 578 g/mol. The fourth-order valence-corrected chi connectivity index (χ4v) is 8.18. The van der Waals surface area contributed by atoms with E-state index in [1.165, 1.54) is 29.2 Å². The Bertz CT molecular complexity index is 1620. The lowest BCUT2D eigenvalue weighted by Gasteiger charge is -2.49. The molecule has 4 aromatic rings. The maximum absolute atomic E-state index is 14.0. The van der Waals surface area contributed by atoms with Crippen molar-refractivity contribution in [1.82, 2.24) is 10.2 Å². The Hall–Kier alpha value is -4.67. The summed E-state index contributed by atoms with van der Waals surface area (Å²) >= 11 is 0. The average molecular weight is 610 g/mol. The molecular formula is C34H31N3O6S. The summed E-state index contributed by atoms with van der Waals surface area (Å²) in [6.45, 7) is 3.29. The van der Waals surface area contributed by atoms with E-state index in [1.807, 2.05) is 91.0 Å². The van der Waals surface area contributed by atoms with Crippen LogP contribution in [-0.4, -0.2) is 48.1 Å². The number of nitrogens with one attached hydrogen (secondary N) is 1. The lowest BCUT2D eigenvalue weighted by atomic mass is 9.76. The summed E-state index contributed by atoms with van der Waals surface area (Å²) in [6, 6.07) is 33.3. The van der Waals surface area contributed by atoms with Crippen LogP contribution in [0.2, 0.25) is 0 Å². The van der Waals surface area contributed by atoms with Crippen molar-refractivity contribution in [3.05, 3.63) is 148 Å². The topological polar surface area (TPSA) is 119 Å². The van der Waals surface area contributed by atoms with Gasteiger partial charge >= 0.3 is 5.97 Å². The molecule has 2 aliphatic heterocycles. The fraction of sp³-hybridized carbons (Fsp3) is 0.235. The second kappa shape index (κ2) is 11.4. The van der Waals surface area contributed by atoms with Crippen molar-refractivity contribution in [2.45, 2.75) is 48.2 Å². The van der Waals surface area contributed by atoms with Gasteiger partial charge in [0.2, 0.25) is 5.91 Å². The number of carbonyl (C=O) groups excluding carboxylic acids is 2. The van der Waals surface area contributed by atoms with Crippen molar-refractivity contribution < 1.29 is 23.5 Å². The lowest BCUT2D eigenvalue weighted by Crippen LogP contribution is -2.73. The number of β-lactam (4-membered cyclic amide) rings is 1. The number of non-ortho nitro benzene ring substituents is 1. The van der Waals surface area contributed by atoms with Crippen molar-refractivity contribution in [1.29, 1.82) is 0 Å². The Morgan fingerprint density at radius 3 is 1.82 bits per heavy atom. The zero-order valence-corrected chi connectivity index (χ0v) is 25.0. The van der Waals surface area contributed by atoms with Crippen molar-refractivity contribution in [2.24, 2.45) is 0 Å². The van der Waals surface area contributed by atoms with E-state index >= 15 is 0 Å². The summed E-state index contributed by atoms with van der Waals surface area (Å²) in [7, 11) is -1.62. The van der Waals surface area contributed by atoms with Crippen LogP contribution in [0.4, 0.5) is 5.69 Å². The molecule has 2 aliphatic rings. The highest BCUT2D eigenvalue weighted by Crippen LogP contribution is 2.46. The van der Waals surface area contributed by atoms with Crippen molar-refractivity contribution in [2.75, 3.05) is 0 Å². The predicted octanol–water partition coefficient (Wildman–Crippen LogP) is 4.67. The number of nitro groups is 1. The molecule has 4 atom stereocenters. The van der Waals surface area contributed by atoms with Gasteiger partial charge < -0.3 is 9.64 Å². The van der Waals surface area contributed by atoms with Crippen LogP contribution in [0.5, 0.6) is 0 Å². The molecule has 2 heterocycles. The molecule has 1 N–H and O–H groups in total. The van der Waals surface area contributed by atoms with Crippen LogP contribution < -0.4 is 5.32 Å². The first kappa shape index (κ1) is 29.4. The molecule has 4 aromatic carbocycles. The normalized spacial score (nSPS) is 22.1. The van der Waals surface area contributed by atoms with E-state index in [2.05, 4.69) is 5.32 Å². The average Bonchev–Trinajstić information content (AvgIpc) is 3.24. The number of rotatable bonds is 9. The van der Waals surface area contributed by atoms with Gasteiger partial charge in [-0.05, 0) is 48.2 Å². The molecule has 2 saturated heterocycles. The molecule has 6 rings (SSSR count). The molecule has 0 bridgehead atoms. The van der Waals surface area contributed by atoms with Crippen molar-refractivity contribution in [3.63, 3.8) is 0 Å². The molecule has 2 fully saturated rings. The van der Waals surface area contributed by atoms with Crippen LogP contribution in [0, 0.1) is 10.1 Å². The zero-order valence-electron chi connectivity index (χ0n) is 24.2. The van der Waals surface area contributed by atoms with Crippen LogP contribution >= 0.6 is 0 Å². The minimum absolute atomic E-state index is 0.0717. The van der Waals surface area contributed by atoms with Crippen LogP contribution in [0.1, 0.15) is 36.1 Å². The molecule has 0 unspecified atom stereocenters. The van der Waals surface area contributed by atoms with Gasteiger partial charge in [0, 0.05) is 12.1 Å². The molecule has 0 aromatic heterocycles. The third kappa shape index (κ3) is 4.80. The third-order valence-electron chi connectivity index (χ3n) is 8.50. The Morgan fingerprint density at radius 2 is 1.36 bits per heavy atom. The predicted molar refractivity (Wildman–Crippen MR) is 166 cm³/mol. The van der Waals surface area contributed by atoms with E-state index in [4.69, 9.17) is 4.74 Å².